The van der Waals surface area contributed by atoms with Crippen molar-refractivity contribution in [3.63, 3.8) is 0 Å². The van der Waals surface area contributed by atoms with E-state index in [0.29, 0.717) is 11.5 Å². The molecule has 0 aromatic rings. The van der Waals surface area contributed by atoms with E-state index in [2.05, 4.69) is 10.6 Å². The van der Waals surface area contributed by atoms with E-state index in [1.165, 1.54) is 25.9 Å². The van der Waals surface area contributed by atoms with Crippen LogP contribution in [0.5, 0.6) is 0 Å². The van der Waals surface area contributed by atoms with E-state index in [1.54, 1.807) is 0 Å². The summed E-state index contributed by atoms with van der Waals surface area (Å²) in [4.78, 5) is 11.6. The number of nitrogens with one attached hydrogen (secondary N) is 1. The molecule has 1 aliphatic heterocycles. The summed E-state index contributed by atoms with van der Waals surface area (Å²) in [7, 11) is 0. The van der Waals surface area contributed by atoms with E-state index in [4.69, 9.17) is 4.74 Å². The van der Waals surface area contributed by atoms with Gasteiger partial charge in [-0.15, -0.1) is 0 Å². The van der Waals surface area contributed by atoms with Gasteiger partial charge in [-0.2, -0.15) is 0 Å². The highest BCUT2D eigenvalue weighted by Crippen LogP contribution is 2.47. The van der Waals surface area contributed by atoms with Crippen molar-refractivity contribution in [2.45, 2.75) is 58.1 Å². The van der Waals surface area contributed by atoms with Gasteiger partial charge in [-0.1, -0.05) is 0 Å². The number of quaternary nitrogens is 1. The van der Waals surface area contributed by atoms with Gasteiger partial charge in [0, 0.05) is 18.9 Å². The lowest BCUT2D eigenvalue weighted by atomic mass is 9.60. The van der Waals surface area contributed by atoms with Gasteiger partial charge in [0.25, 0.3) is 0 Å². The molecule has 0 aromatic carbocycles. The third-order valence-corrected chi connectivity index (χ3v) is 3.84. The summed E-state index contributed by atoms with van der Waals surface area (Å²) in [6.45, 7) is 8.18. The number of nitrogens with two attached hydrogens (primary N) is 1. The van der Waals surface area contributed by atoms with E-state index < -0.39 is 5.60 Å². The van der Waals surface area contributed by atoms with Crippen LogP contribution in [0.2, 0.25) is 0 Å². The van der Waals surface area contributed by atoms with Crippen molar-refractivity contribution in [3.8, 4) is 0 Å². The lowest BCUT2D eigenvalue weighted by molar-refractivity contribution is -0.669. The van der Waals surface area contributed by atoms with Gasteiger partial charge < -0.3 is 15.4 Å². The van der Waals surface area contributed by atoms with E-state index >= 15 is 0 Å². The molecule has 0 atom stereocenters. The van der Waals surface area contributed by atoms with Crippen molar-refractivity contribution in [1.29, 1.82) is 0 Å². The summed E-state index contributed by atoms with van der Waals surface area (Å²) < 4.78 is 5.26. The molecule has 1 amide bonds. The second-order valence-corrected chi connectivity index (χ2v) is 6.62. The van der Waals surface area contributed by atoms with Gasteiger partial charge in [0.1, 0.15) is 5.60 Å². The van der Waals surface area contributed by atoms with Crippen molar-refractivity contribution in [2.75, 3.05) is 13.1 Å². The normalized spacial score (nSPS) is 24.2. The van der Waals surface area contributed by atoms with Crippen molar-refractivity contribution in [3.05, 3.63) is 0 Å². The molecule has 1 heterocycles. The molecule has 1 aliphatic carbocycles. The summed E-state index contributed by atoms with van der Waals surface area (Å²) in [5, 5.41) is 5.36. The van der Waals surface area contributed by atoms with Gasteiger partial charge in [-0.3, -0.25) is 0 Å². The van der Waals surface area contributed by atoms with Crippen LogP contribution in [-0.4, -0.2) is 30.8 Å². The summed E-state index contributed by atoms with van der Waals surface area (Å²) in [5.41, 5.74) is 0.139. The quantitative estimate of drug-likeness (QED) is 0.720. The Morgan fingerprint density at radius 1 is 1.29 bits per heavy atom. The lowest BCUT2D eigenvalue weighted by Crippen LogP contribution is -2.87. The summed E-state index contributed by atoms with van der Waals surface area (Å²) in [6, 6.07) is 0.336. The van der Waals surface area contributed by atoms with Crippen LogP contribution in [0.4, 0.5) is 4.79 Å². The minimum Gasteiger partial charge on any atom is -0.444 e. The van der Waals surface area contributed by atoms with Crippen molar-refractivity contribution in [2.24, 2.45) is 5.41 Å². The fourth-order valence-electron chi connectivity index (χ4n) is 3.06. The molecule has 2 fully saturated rings. The molecule has 98 valence electrons. The Labute approximate surface area is 103 Å². The predicted octanol–water partition coefficient (Wildman–Crippen LogP) is 1.02. The van der Waals surface area contributed by atoms with Gasteiger partial charge in [0.2, 0.25) is 0 Å². The topological polar surface area (TPSA) is 54.9 Å². The fourth-order valence-corrected chi connectivity index (χ4v) is 3.06. The monoisotopic (exact) mass is 241 g/mol. The van der Waals surface area contributed by atoms with Crippen LogP contribution < -0.4 is 10.6 Å². The number of rotatable bonds is 1. The Morgan fingerprint density at radius 2 is 1.88 bits per heavy atom. The number of carbonyl (C=O) groups is 1. The Hall–Kier alpha value is -0.770. The molecule has 0 unspecified atom stereocenters. The minimum absolute atomic E-state index is 0.264. The van der Waals surface area contributed by atoms with Gasteiger partial charge in [-0.25, -0.2) is 4.79 Å². The van der Waals surface area contributed by atoms with Crippen LogP contribution in [0.15, 0.2) is 0 Å². The van der Waals surface area contributed by atoms with Gasteiger partial charge in [0.15, 0.2) is 0 Å². The molecule has 0 aromatic heterocycles. The van der Waals surface area contributed by atoms with Crippen LogP contribution in [0.25, 0.3) is 0 Å². The van der Waals surface area contributed by atoms with Gasteiger partial charge in [-0.05, 0) is 39.0 Å². The molecular weight excluding hydrogens is 216 g/mol. The molecule has 0 bridgehead atoms. The highest BCUT2D eigenvalue weighted by Gasteiger charge is 2.46. The Bertz CT molecular complexity index is 282. The second kappa shape index (κ2) is 4.48. The number of piperidine rings is 1. The first kappa shape index (κ1) is 12.7. The lowest BCUT2D eigenvalue weighted by Gasteiger charge is -2.49. The molecule has 4 heteroatoms. The highest BCUT2D eigenvalue weighted by atomic mass is 16.6. The molecule has 0 radical (unpaired) electrons. The minimum atomic E-state index is -0.398. The van der Waals surface area contributed by atoms with Gasteiger partial charge >= 0.3 is 6.09 Å². The Morgan fingerprint density at radius 3 is 2.41 bits per heavy atom. The molecule has 2 rings (SSSR count). The first-order chi connectivity index (χ1) is 7.89. The first-order valence-corrected chi connectivity index (χ1v) is 6.70. The average Bonchev–Trinajstić information content (AvgIpc) is 2.13. The van der Waals surface area contributed by atoms with E-state index in [-0.39, 0.29) is 6.09 Å². The SMILES string of the molecule is CC(C)(C)OC(=O)NC1CC2(CC[NH2+]CC2)C1. The zero-order valence-electron chi connectivity index (χ0n) is 11.2. The molecular formula is C13H25N2O2+. The van der Waals surface area contributed by atoms with Gasteiger partial charge in [0.05, 0.1) is 13.1 Å². The zero-order valence-corrected chi connectivity index (χ0v) is 11.2. The second-order valence-electron chi connectivity index (χ2n) is 6.62. The van der Waals surface area contributed by atoms with Crippen LogP contribution >= 0.6 is 0 Å². The largest absolute Gasteiger partial charge is 0.444 e. The predicted molar refractivity (Wildman–Crippen MR) is 65.7 cm³/mol. The molecule has 1 saturated heterocycles. The summed E-state index contributed by atoms with van der Waals surface area (Å²) >= 11 is 0. The van der Waals surface area contributed by atoms with Crippen LogP contribution in [-0.2, 0) is 4.74 Å². The molecule has 2 aliphatic rings. The first-order valence-electron chi connectivity index (χ1n) is 6.70. The van der Waals surface area contributed by atoms with E-state index in [9.17, 15) is 4.79 Å². The van der Waals surface area contributed by atoms with E-state index in [0.717, 1.165) is 12.8 Å². The van der Waals surface area contributed by atoms with E-state index in [1.807, 2.05) is 20.8 Å². The Kier molecular flexibility index (Phi) is 3.34. The number of hydrogen-bond donors (Lipinski definition) is 2. The number of alkyl carbamates (subject to hydrolysis) is 1. The maximum Gasteiger partial charge on any atom is 0.407 e. The maximum absolute atomic E-state index is 11.6. The van der Waals surface area contributed by atoms with Crippen LogP contribution in [0, 0.1) is 5.41 Å². The summed E-state index contributed by atoms with van der Waals surface area (Å²) in [6.07, 6.45) is 4.62. The van der Waals surface area contributed by atoms with Crippen molar-refractivity contribution >= 4 is 6.09 Å². The standard InChI is InChI=1S/C13H24N2O2/c1-12(2,3)17-11(16)15-10-8-13(9-10)4-6-14-7-5-13/h10,14H,4-9H2,1-3H3,(H,15,16)/p+1. The van der Waals surface area contributed by atoms with Crippen LogP contribution in [0.3, 0.4) is 0 Å². The average molecular weight is 241 g/mol. The number of carbonyl (C=O) groups excluding carboxylic acids is 1. The van der Waals surface area contributed by atoms with Crippen molar-refractivity contribution in [1.82, 2.24) is 5.32 Å². The number of ether oxygens (including phenoxy) is 1. The molecule has 3 N–H and O–H groups in total. The molecule has 17 heavy (non-hydrogen) atoms. The third-order valence-electron chi connectivity index (χ3n) is 3.84. The summed E-state index contributed by atoms with van der Waals surface area (Å²) in [5.74, 6) is 0. The number of amides is 1. The number of hydrogen-bond acceptors (Lipinski definition) is 2. The molecule has 4 nitrogen and oxygen atoms in total. The fraction of sp³-hybridized carbons (Fsp3) is 0.923. The third kappa shape index (κ3) is 3.35. The van der Waals surface area contributed by atoms with Crippen LogP contribution in [0.1, 0.15) is 46.5 Å². The molecule has 1 spiro atoms. The smallest absolute Gasteiger partial charge is 0.407 e. The zero-order chi connectivity index (χ0) is 12.5. The Balaban J connectivity index is 1.71. The highest BCUT2D eigenvalue weighted by molar-refractivity contribution is 5.68. The van der Waals surface area contributed by atoms with Crippen molar-refractivity contribution < 1.29 is 14.8 Å². The molecule has 1 saturated carbocycles. The maximum atomic E-state index is 11.6.